The fraction of sp³-hybridized carbons (Fsp3) is 0.250. The van der Waals surface area contributed by atoms with Crippen molar-refractivity contribution in [3.8, 4) is 5.75 Å². The van der Waals surface area contributed by atoms with Crippen molar-refractivity contribution < 1.29 is 13.9 Å². The molecule has 0 atom stereocenters. The highest BCUT2D eigenvalue weighted by Crippen LogP contribution is 2.32. The van der Waals surface area contributed by atoms with Crippen LogP contribution in [0.25, 0.3) is 11.0 Å². The molecule has 1 aromatic heterocycles. The second kappa shape index (κ2) is 5.33. The normalized spacial score (nSPS) is 10.6. The number of hydrogen-bond donors (Lipinski definition) is 0. The molecule has 0 bridgehead atoms. The van der Waals surface area contributed by atoms with Crippen LogP contribution in [0.4, 0.5) is 0 Å². The Morgan fingerprint density at radius 2 is 2.10 bits per heavy atom. The predicted octanol–water partition coefficient (Wildman–Crippen LogP) is 3.18. The van der Waals surface area contributed by atoms with Gasteiger partial charge in [-0.1, -0.05) is 12.7 Å². The van der Waals surface area contributed by atoms with Crippen LogP contribution in [0.1, 0.15) is 28.4 Å². The molecule has 4 nitrogen and oxygen atoms in total. The Morgan fingerprint density at radius 3 is 2.70 bits per heavy atom. The monoisotopic (exact) mass is 272 g/mol. The number of Topliss-reactive ketones (excluding diaryl/α,β-unsaturated/α-hetero) is 1. The van der Waals surface area contributed by atoms with Gasteiger partial charge in [-0.25, -0.2) is 4.79 Å². The first-order valence-electron chi connectivity index (χ1n) is 6.28. The van der Waals surface area contributed by atoms with Gasteiger partial charge < -0.3 is 9.15 Å². The van der Waals surface area contributed by atoms with Gasteiger partial charge in [0.1, 0.15) is 17.9 Å². The van der Waals surface area contributed by atoms with E-state index >= 15 is 0 Å². The molecule has 2 rings (SSSR count). The van der Waals surface area contributed by atoms with Crippen molar-refractivity contribution in [2.24, 2.45) is 0 Å². The third-order valence-electron chi connectivity index (χ3n) is 3.15. The number of carbonyl (C=O) groups is 1. The van der Waals surface area contributed by atoms with Crippen molar-refractivity contribution in [3.05, 3.63) is 51.9 Å². The maximum Gasteiger partial charge on any atom is 0.336 e. The summed E-state index contributed by atoms with van der Waals surface area (Å²) in [6, 6.07) is 3.12. The van der Waals surface area contributed by atoms with Crippen LogP contribution in [0.5, 0.6) is 5.75 Å². The zero-order valence-corrected chi connectivity index (χ0v) is 11.8. The minimum absolute atomic E-state index is 0.0975. The minimum atomic E-state index is -0.414. The van der Waals surface area contributed by atoms with Gasteiger partial charge in [0.25, 0.3) is 0 Å². The maximum atomic E-state index is 11.8. The number of ketones is 1. The third-order valence-corrected chi connectivity index (χ3v) is 3.15. The Kier molecular flexibility index (Phi) is 3.74. The van der Waals surface area contributed by atoms with Crippen LogP contribution in [0, 0.1) is 13.8 Å². The van der Waals surface area contributed by atoms with Crippen LogP contribution in [0.3, 0.4) is 0 Å². The van der Waals surface area contributed by atoms with Gasteiger partial charge in [0.2, 0.25) is 0 Å². The summed E-state index contributed by atoms with van der Waals surface area (Å²) in [4.78, 5) is 23.3. The van der Waals surface area contributed by atoms with Gasteiger partial charge in [-0.2, -0.15) is 0 Å². The number of aryl methyl sites for hydroxylation is 2. The molecule has 0 unspecified atom stereocenters. The Hall–Kier alpha value is -2.36. The molecule has 20 heavy (non-hydrogen) atoms. The molecular weight excluding hydrogens is 256 g/mol. The van der Waals surface area contributed by atoms with E-state index < -0.39 is 5.63 Å². The first-order valence-corrected chi connectivity index (χ1v) is 6.28. The van der Waals surface area contributed by atoms with Gasteiger partial charge >= 0.3 is 5.63 Å². The van der Waals surface area contributed by atoms with Crippen molar-refractivity contribution >= 4 is 16.8 Å². The Bertz CT molecular complexity index is 753. The van der Waals surface area contributed by atoms with E-state index in [0.29, 0.717) is 22.5 Å². The van der Waals surface area contributed by atoms with Gasteiger partial charge in [0.15, 0.2) is 5.78 Å². The minimum Gasteiger partial charge on any atom is -0.488 e. The largest absolute Gasteiger partial charge is 0.488 e. The quantitative estimate of drug-likeness (QED) is 0.487. The average molecular weight is 272 g/mol. The summed E-state index contributed by atoms with van der Waals surface area (Å²) < 4.78 is 10.8. The number of rotatable bonds is 4. The smallest absolute Gasteiger partial charge is 0.336 e. The lowest BCUT2D eigenvalue weighted by Gasteiger charge is -2.14. The van der Waals surface area contributed by atoms with E-state index in [1.54, 1.807) is 19.1 Å². The van der Waals surface area contributed by atoms with E-state index in [9.17, 15) is 9.59 Å². The number of fused-ring (bicyclic) bond motifs is 1. The standard InChI is InChI=1S/C16H16O4/c1-5-6-19-15-10(3)16-12(8-13(15)11(4)17)9(2)7-14(18)20-16/h5,7-8H,1,6H2,2-4H3. The SMILES string of the molecule is C=CCOc1c(C(C)=O)cc2c(C)cc(=O)oc2c1C. The van der Waals surface area contributed by atoms with Gasteiger partial charge in [-0.05, 0) is 32.4 Å². The number of ether oxygens (including phenoxy) is 1. The van der Waals surface area contributed by atoms with Gasteiger partial charge in [0, 0.05) is 17.0 Å². The molecule has 1 heterocycles. The molecule has 0 spiro atoms. The van der Waals surface area contributed by atoms with Crippen LogP contribution >= 0.6 is 0 Å². The molecule has 0 N–H and O–H groups in total. The number of carbonyl (C=O) groups excluding carboxylic acids is 1. The lowest BCUT2D eigenvalue weighted by atomic mass is 10.0. The molecule has 4 heteroatoms. The molecule has 0 saturated carbocycles. The van der Waals surface area contributed by atoms with Crippen LogP contribution in [0.15, 0.2) is 34.0 Å². The Balaban J connectivity index is 2.85. The van der Waals surface area contributed by atoms with E-state index in [2.05, 4.69) is 6.58 Å². The summed E-state index contributed by atoms with van der Waals surface area (Å²) in [5.41, 5.74) is 1.95. The fourth-order valence-corrected chi connectivity index (χ4v) is 2.18. The lowest BCUT2D eigenvalue weighted by Crippen LogP contribution is -2.06. The summed E-state index contributed by atoms with van der Waals surface area (Å²) in [5.74, 6) is 0.346. The van der Waals surface area contributed by atoms with Crippen LogP contribution < -0.4 is 10.4 Å². The number of benzene rings is 1. The molecule has 104 valence electrons. The van der Waals surface area contributed by atoms with Crippen LogP contribution in [-0.2, 0) is 0 Å². The van der Waals surface area contributed by atoms with E-state index in [4.69, 9.17) is 9.15 Å². The first kappa shape index (κ1) is 14.1. The van der Waals surface area contributed by atoms with Crippen molar-refractivity contribution in [2.75, 3.05) is 6.61 Å². The van der Waals surface area contributed by atoms with Crippen molar-refractivity contribution in [1.82, 2.24) is 0 Å². The third kappa shape index (κ3) is 2.37. The highest BCUT2D eigenvalue weighted by Gasteiger charge is 2.17. The molecular formula is C16H16O4. The van der Waals surface area contributed by atoms with Gasteiger partial charge in [0.05, 0.1) is 5.56 Å². The second-order valence-electron chi connectivity index (χ2n) is 4.66. The Morgan fingerprint density at radius 1 is 1.40 bits per heavy atom. The van der Waals surface area contributed by atoms with E-state index in [-0.39, 0.29) is 12.4 Å². The highest BCUT2D eigenvalue weighted by atomic mass is 16.5. The van der Waals surface area contributed by atoms with Crippen molar-refractivity contribution in [2.45, 2.75) is 20.8 Å². The number of hydrogen-bond acceptors (Lipinski definition) is 4. The molecule has 0 radical (unpaired) electrons. The topological polar surface area (TPSA) is 56.5 Å². The molecule has 0 aliphatic rings. The molecule has 0 fully saturated rings. The highest BCUT2D eigenvalue weighted by molar-refractivity contribution is 6.02. The maximum absolute atomic E-state index is 11.8. The van der Waals surface area contributed by atoms with E-state index in [1.165, 1.54) is 13.0 Å². The molecule has 1 aromatic carbocycles. The first-order chi connectivity index (χ1) is 9.45. The zero-order chi connectivity index (χ0) is 14.9. The molecule has 0 aliphatic heterocycles. The van der Waals surface area contributed by atoms with Crippen LogP contribution in [0.2, 0.25) is 0 Å². The Labute approximate surface area is 116 Å². The second-order valence-corrected chi connectivity index (χ2v) is 4.66. The van der Waals surface area contributed by atoms with E-state index in [1.807, 2.05) is 6.92 Å². The zero-order valence-electron chi connectivity index (χ0n) is 11.8. The van der Waals surface area contributed by atoms with Gasteiger partial charge in [-0.15, -0.1) is 0 Å². The predicted molar refractivity (Wildman–Crippen MR) is 77.7 cm³/mol. The molecule has 0 amide bonds. The molecule has 2 aromatic rings. The van der Waals surface area contributed by atoms with Gasteiger partial charge in [-0.3, -0.25) is 4.79 Å². The van der Waals surface area contributed by atoms with Crippen molar-refractivity contribution in [1.29, 1.82) is 0 Å². The fourth-order valence-electron chi connectivity index (χ4n) is 2.18. The van der Waals surface area contributed by atoms with Crippen molar-refractivity contribution in [3.63, 3.8) is 0 Å². The summed E-state index contributed by atoms with van der Waals surface area (Å²) in [6.45, 7) is 8.94. The van der Waals surface area contributed by atoms with Crippen LogP contribution in [-0.4, -0.2) is 12.4 Å². The summed E-state index contributed by atoms with van der Waals surface area (Å²) in [6.07, 6.45) is 1.60. The average Bonchev–Trinajstić information content (AvgIpc) is 2.38. The van der Waals surface area contributed by atoms with E-state index in [0.717, 1.165) is 10.9 Å². The molecule has 0 saturated heterocycles. The molecule has 0 aliphatic carbocycles. The summed E-state index contributed by atoms with van der Waals surface area (Å²) >= 11 is 0. The lowest BCUT2D eigenvalue weighted by molar-refractivity contribution is 0.101. The summed E-state index contributed by atoms with van der Waals surface area (Å²) in [5, 5.41) is 0.748. The summed E-state index contributed by atoms with van der Waals surface area (Å²) in [7, 11) is 0.